The predicted molar refractivity (Wildman–Crippen MR) is 75.8 cm³/mol. The van der Waals surface area contributed by atoms with E-state index >= 15 is 0 Å². The molecule has 96 valence electrons. The number of benzene rings is 1. The second-order valence-corrected chi connectivity index (χ2v) is 5.87. The lowest BCUT2D eigenvalue weighted by Crippen LogP contribution is -2.23. The zero-order valence-electron chi connectivity index (χ0n) is 11.0. The standard InChI is InChI=1S/C14H23NOS/c1-4-10-17(16)11-14(15-3)13-8-6-12(5-2)7-9-13/h6-9,14-15H,4-5,10-11H2,1-3H3. The van der Waals surface area contributed by atoms with Crippen molar-refractivity contribution < 1.29 is 4.21 Å². The molecule has 2 atom stereocenters. The summed E-state index contributed by atoms with van der Waals surface area (Å²) in [5.74, 6) is 1.50. The third-order valence-corrected chi connectivity index (χ3v) is 4.49. The van der Waals surface area contributed by atoms with E-state index in [4.69, 9.17) is 0 Å². The number of rotatable bonds is 7. The van der Waals surface area contributed by atoms with Gasteiger partial charge in [-0.3, -0.25) is 4.21 Å². The van der Waals surface area contributed by atoms with Gasteiger partial charge >= 0.3 is 0 Å². The maximum Gasteiger partial charge on any atom is 0.0434 e. The lowest BCUT2D eigenvalue weighted by Gasteiger charge is -2.16. The maximum atomic E-state index is 11.8. The van der Waals surface area contributed by atoms with Gasteiger partial charge in [-0.15, -0.1) is 0 Å². The van der Waals surface area contributed by atoms with Gasteiger partial charge in [-0.05, 0) is 31.0 Å². The van der Waals surface area contributed by atoms with E-state index in [1.165, 1.54) is 11.1 Å². The molecule has 0 aromatic heterocycles. The van der Waals surface area contributed by atoms with E-state index in [9.17, 15) is 4.21 Å². The highest BCUT2D eigenvalue weighted by molar-refractivity contribution is 7.85. The van der Waals surface area contributed by atoms with Crippen molar-refractivity contribution in [1.82, 2.24) is 5.32 Å². The van der Waals surface area contributed by atoms with E-state index in [1.807, 2.05) is 7.05 Å². The molecule has 0 aliphatic rings. The van der Waals surface area contributed by atoms with Gasteiger partial charge in [0.2, 0.25) is 0 Å². The molecule has 0 aliphatic heterocycles. The Bertz CT molecular complexity index is 348. The van der Waals surface area contributed by atoms with Gasteiger partial charge in [0, 0.05) is 28.3 Å². The molecule has 0 radical (unpaired) electrons. The molecule has 1 rings (SSSR count). The Morgan fingerprint density at radius 1 is 1.24 bits per heavy atom. The van der Waals surface area contributed by atoms with Crippen LogP contribution in [0.1, 0.15) is 37.4 Å². The van der Waals surface area contributed by atoms with Crippen molar-refractivity contribution in [2.45, 2.75) is 32.7 Å². The first-order valence-corrected chi connectivity index (χ1v) is 7.81. The van der Waals surface area contributed by atoms with Gasteiger partial charge in [0.05, 0.1) is 0 Å². The van der Waals surface area contributed by atoms with Crippen LogP contribution in [0.15, 0.2) is 24.3 Å². The molecule has 0 saturated heterocycles. The Morgan fingerprint density at radius 2 is 1.88 bits per heavy atom. The fourth-order valence-electron chi connectivity index (χ4n) is 1.83. The largest absolute Gasteiger partial charge is 0.312 e. The molecule has 17 heavy (non-hydrogen) atoms. The summed E-state index contributed by atoms with van der Waals surface area (Å²) in [6.45, 7) is 4.23. The molecule has 1 N–H and O–H groups in total. The topological polar surface area (TPSA) is 29.1 Å². The van der Waals surface area contributed by atoms with Crippen LogP contribution in [-0.4, -0.2) is 22.8 Å². The van der Waals surface area contributed by atoms with E-state index in [2.05, 4.69) is 43.4 Å². The van der Waals surface area contributed by atoms with E-state index in [0.29, 0.717) is 5.75 Å². The Labute approximate surface area is 107 Å². The number of hydrogen-bond donors (Lipinski definition) is 1. The van der Waals surface area contributed by atoms with Gasteiger partial charge < -0.3 is 5.32 Å². The fraction of sp³-hybridized carbons (Fsp3) is 0.571. The van der Waals surface area contributed by atoms with Crippen LogP contribution in [0.5, 0.6) is 0 Å². The van der Waals surface area contributed by atoms with E-state index in [0.717, 1.165) is 18.6 Å². The van der Waals surface area contributed by atoms with Crippen LogP contribution in [-0.2, 0) is 17.2 Å². The summed E-state index contributed by atoms with van der Waals surface area (Å²) in [6, 6.07) is 8.80. The lowest BCUT2D eigenvalue weighted by atomic mass is 10.1. The van der Waals surface area contributed by atoms with Gasteiger partial charge in [0.1, 0.15) is 0 Å². The van der Waals surface area contributed by atoms with E-state index in [1.54, 1.807) is 0 Å². The highest BCUT2D eigenvalue weighted by Gasteiger charge is 2.12. The van der Waals surface area contributed by atoms with Gasteiger partial charge in [-0.1, -0.05) is 38.1 Å². The van der Waals surface area contributed by atoms with Crippen LogP contribution >= 0.6 is 0 Å². The zero-order valence-corrected chi connectivity index (χ0v) is 11.8. The third-order valence-electron chi connectivity index (χ3n) is 2.92. The van der Waals surface area contributed by atoms with Gasteiger partial charge in [-0.25, -0.2) is 0 Å². The van der Waals surface area contributed by atoms with Crippen molar-refractivity contribution in [3.8, 4) is 0 Å². The van der Waals surface area contributed by atoms with Crippen molar-refractivity contribution >= 4 is 10.8 Å². The summed E-state index contributed by atoms with van der Waals surface area (Å²) in [6.07, 6.45) is 2.05. The second kappa shape index (κ2) is 7.62. The average Bonchev–Trinajstić information content (AvgIpc) is 2.36. The molecular weight excluding hydrogens is 230 g/mol. The Hall–Kier alpha value is -0.670. The third kappa shape index (κ3) is 4.60. The molecule has 0 amide bonds. The van der Waals surface area contributed by atoms with Crippen molar-refractivity contribution in [3.05, 3.63) is 35.4 Å². The van der Waals surface area contributed by atoms with Gasteiger partial charge in [-0.2, -0.15) is 0 Å². The molecule has 0 fully saturated rings. The molecule has 3 heteroatoms. The summed E-state index contributed by atoms with van der Waals surface area (Å²) in [5.41, 5.74) is 2.58. The SMILES string of the molecule is CCCS(=O)CC(NC)c1ccc(CC)cc1. The highest BCUT2D eigenvalue weighted by Crippen LogP contribution is 2.15. The monoisotopic (exact) mass is 253 g/mol. The predicted octanol–water partition coefficient (Wildman–Crippen LogP) is 2.67. The summed E-state index contributed by atoms with van der Waals surface area (Å²) >= 11 is 0. The molecule has 1 aromatic carbocycles. The first kappa shape index (κ1) is 14.4. The van der Waals surface area contributed by atoms with Crippen molar-refractivity contribution in [3.63, 3.8) is 0 Å². The molecule has 0 heterocycles. The van der Waals surface area contributed by atoms with E-state index < -0.39 is 10.8 Å². The van der Waals surface area contributed by atoms with Crippen LogP contribution in [0.25, 0.3) is 0 Å². The fourth-order valence-corrected chi connectivity index (χ4v) is 3.18. The van der Waals surface area contributed by atoms with Crippen LogP contribution in [0.2, 0.25) is 0 Å². The average molecular weight is 253 g/mol. The molecule has 0 bridgehead atoms. The van der Waals surface area contributed by atoms with E-state index in [-0.39, 0.29) is 6.04 Å². The summed E-state index contributed by atoms with van der Waals surface area (Å²) < 4.78 is 11.8. The molecular formula is C14H23NOS. The minimum absolute atomic E-state index is 0.202. The number of hydrogen-bond acceptors (Lipinski definition) is 2. The van der Waals surface area contributed by atoms with Crippen LogP contribution in [0.4, 0.5) is 0 Å². The zero-order chi connectivity index (χ0) is 12.7. The Kier molecular flexibility index (Phi) is 6.45. The summed E-state index contributed by atoms with van der Waals surface area (Å²) in [4.78, 5) is 0. The first-order valence-electron chi connectivity index (χ1n) is 6.32. The molecule has 0 aliphatic carbocycles. The smallest absolute Gasteiger partial charge is 0.0434 e. The number of nitrogens with one attached hydrogen (secondary N) is 1. The van der Waals surface area contributed by atoms with Crippen molar-refractivity contribution in [1.29, 1.82) is 0 Å². The Balaban J connectivity index is 2.68. The number of aryl methyl sites for hydroxylation is 1. The summed E-state index contributed by atoms with van der Waals surface area (Å²) in [7, 11) is 1.21. The molecule has 0 spiro atoms. The normalized spacial score (nSPS) is 14.5. The quantitative estimate of drug-likeness (QED) is 0.809. The highest BCUT2D eigenvalue weighted by atomic mass is 32.2. The van der Waals surface area contributed by atoms with Crippen LogP contribution in [0.3, 0.4) is 0 Å². The first-order chi connectivity index (χ1) is 8.21. The molecule has 0 saturated carbocycles. The van der Waals surface area contributed by atoms with Gasteiger partial charge in [0.25, 0.3) is 0 Å². The Morgan fingerprint density at radius 3 is 2.35 bits per heavy atom. The molecule has 2 nitrogen and oxygen atoms in total. The summed E-state index contributed by atoms with van der Waals surface area (Å²) in [5, 5.41) is 3.25. The molecule has 1 aromatic rings. The van der Waals surface area contributed by atoms with Crippen LogP contribution in [0, 0.1) is 0 Å². The minimum Gasteiger partial charge on any atom is -0.312 e. The maximum absolute atomic E-state index is 11.8. The second-order valence-electron chi connectivity index (χ2n) is 4.25. The molecule has 2 unspecified atom stereocenters. The van der Waals surface area contributed by atoms with Crippen molar-refractivity contribution in [2.75, 3.05) is 18.6 Å². The van der Waals surface area contributed by atoms with Crippen LogP contribution < -0.4 is 5.32 Å². The van der Waals surface area contributed by atoms with Gasteiger partial charge in [0.15, 0.2) is 0 Å². The minimum atomic E-state index is -0.720. The lowest BCUT2D eigenvalue weighted by molar-refractivity contribution is 0.635. The van der Waals surface area contributed by atoms with Crippen molar-refractivity contribution in [2.24, 2.45) is 0 Å².